The Hall–Kier alpha value is -3.62. The van der Waals surface area contributed by atoms with Gasteiger partial charge in [0.25, 0.3) is 11.8 Å². The van der Waals surface area contributed by atoms with Gasteiger partial charge in [0.05, 0.1) is 6.61 Å². The Morgan fingerprint density at radius 2 is 1.64 bits per heavy atom. The van der Waals surface area contributed by atoms with Crippen LogP contribution in [0.15, 0.2) is 72.8 Å². The van der Waals surface area contributed by atoms with Crippen molar-refractivity contribution >= 4 is 52.1 Å². The molecule has 1 saturated heterocycles. The largest absolute Gasteiger partial charge is 0.494 e. The van der Waals surface area contributed by atoms with E-state index < -0.39 is 0 Å². The molecule has 0 aliphatic carbocycles. The number of anilines is 2. The van der Waals surface area contributed by atoms with Gasteiger partial charge in [0, 0.05) is 53.7 Å². The topological polar surface area (TPSA) is 73.9 Å². The van der Waals surface area contributed by atoms with E-state index in [0.29, 0.717) is 41.6 Å². The van der Waals surface area contributed by atoms with E-state index in [1.54, 1.807) is 48.5 Å². The number of benzene rings is 3. The standard InChI is InChI=1S/C27H27ClN4O3S/c1-2-35-24-5-3-4-20(18-24)25(33)30-27(36)29-22-10-12-23(13-11-22)31-14-16-32(17-15-31)26(34)19-6-8-21(28)9-7-19/h3-13,18H,2,14-17H2,1H3,(H2,29,30,33,36). The third-order valence-electron chi connectivity index (χ3n) is 5.78. The van der Waals surface area contributed by atoms with E-state index in [4.69, 9.17) is 28.6 Å². The minimum absolute atomic E-state index is 0.0195. The average molecular weight is 523 g/mol. The molecule has 1 fully saturated rings. The van der Waals surface area contributed by atoms with E-state index in [9.17, 15) is 9.59 Å². The van der Waals surface area contributed by atoms with Crippen molar-refractivity contribution in [3.8, 4) is 5.75 Å². The Bertz CT molecular complexity index is 1230. The Morgan fingerprint density at radius 1 is 0.944 bits per heavy atom. The number of ether oxygens (including phenoxy) is 1. The van der Waals surface area contributed by atoms with Gasteiger partial charge in [-0.25, -0.2) is 0 Å². The van der Waals surface area contributed by atoms with Crippen molar-refractivity contribution in [3.05, 3.63) is 88.9 Å². The van der Waals surface area contributed by atoms with Crippen LogP contribution >= 0.6 is 23.8 Å². The maximum atomic E-state index is 12.7. The first-order chi connectivity index (χ1) is 17.4. The lowest BCUT2D eigenvalue weighted by atomic mass is 10.1. The molecule has 1 heterocycles. The molecule has 0 radical (unpaired) electrons. The molecule has 36 heavy (non-hydrogen) atoms. The Kier molecular flexibility index (Phi) is 8.40. The summed E-state index contributed by atoms with van der Waals surface area (Å²) in [5.41, 5.74) is 2.94. The van der Waals surface area contributed by atoms with Gasteiger partial charge in [-0.1, -0.05) is 17.7 Å². The highest BCUT2D eigenvalue weighted by Gasteiger charge is 2.22. The molecule has 0 bridgehead atoms. The van der Waals surface area contributed by atoms with Crippen LogP contribution < -0.4 is 20.3 Å². The lowest BCUT2D eigenvalue weighted by Gasteiger charge is -2.36. The van der Waals surface area contributed by atoms with Crippen molar-refractivity contribution in [2.45, 2.75) is 6.92 Å². The second-order valence-corrected chi connectivity index (χ2v) is 9.05. The van der Waals surface area contributed by atoms with E-state index >= 15 is 0 Å². The van der Waals surface area contributed by atoms with E-state index in [0.717, 1.165) is 24.5 Å². The van der Waals surface area contributed by atoms with E-state index in [1.807, 2.05) is 36.1 Å². The summed E-state index contributed by atoms with van der Waals surface area (Å²) in [5, 5.41) is 6.57. The second-order valence-electron chi connectivity index (χ2n) is 8.20. The first kappa shape index (κ1) is 25.5. The zero-order valence-corrected chi connectivity index (χ0v) is 21.4. The number of carbonyl (C=O) groups is 2. The van der Waals surface area contributed by atoms with Gasteiger partial charge in [-0.3, -0.25) is 14.9 Å². The minimum atomic E-state index is -0.309. The van der Waals surface area contributed by atoms with E-state index in [1.165, 1.54) is 0 Å². The van der Waals surface area contributed by atoms with Gasteiger partial charge in [0.1, 0.15) is 5.75 Å². The summed E-state index contributed by atoms with van der Waals surface area (Å²) in [6, 6.07) is 21.7. The Morgan fingerprint density at radius 3 is 2.31 bits per heavy atom. The number of hydrogen-bond donors (Lipinski definition) is 2. The number of rotatable bonds is 6. The Balaban J connectivity index is 1.27. The van der Waals surface area contributed by atoms with Gasteiger partial charge >= 0.3 is 0 Å². The van der Waals surface area contributed by atoms with Crippen LogP contribution in [0, 0.1) is 0 Å². The molecule has 186 valence electrons. The third-order valence-corrected chi connectivity index (χ3v) is 6.24. The van der Waals surface area contributed by atoms with Gasteiger partial charge in [0.2, 0.25) is 0 Å². The van der Waals surface area contributed by atoms with Crippen LogP contribution in [0.25, 0.3) is 0 Å². The number of amides is 2. The molecule has 7 nitrogen and oxygen atoms in total. The van der Waals surface area contributed by atoms with Crippen molar-refractivity contribution in [1.29, 1.82) is 0 Å². The summed E-state index contributed by atoms with van der Waals surface area (Å²) in [4.78, 5) is 29.3. The van der Waals surface area contributed by atoms with Gasteiger partial charge < -0.3 is 19.9 Å². The monoisotopic (exact) mass is 522 g/mol. The van der Waals surface area contributed by atoms with Crippen molar-refractivity contribution in [1.82, 2.24) is 10.2 Å². The second kappa shape index (κ2) is 11.9. The molecule has 2 amide bonds. The lowest BCUT2D eigenvalue weighted by molar-refractivity contribution is 0.0746. The normalized spacial score (nSPS) is 13.2. The number of thiocarbonyl (C=S) groups is 1. The number of hydrogen-bond acceptors (Lipinski definition) is 5. The molecule has 9 heteroatoms. The molecular formula is C27H27ClN4O3S. The highest BCUT2D eigenvalue weighted by Crippen LogP contribution is 2.21. The third kappa shape index (κ3) is 6.53. The fourth-order valence-corrected chi connectivity index (χ4v) is 4.27. The summed E-state index contributed by atoms with van der Waals surface area (Å²) >= 11 is 11.2. The summed E-state index contributed by atoms with van der Waals surface area (Å²) < 4.78 is 5.44. The molecule has 0 unspecified atom stereocenters. The fourth-order valence-electron chi connectivity index (χ4n) is 3.93. The quantitative estimate of drug-likeness (QED) is 0.452. The first-order valence-electron chi connectivity index (χ1n) is 11.7. The lowest BCUT2D eigenvalue weighted by Crippen LogP contribution is -2.48. The molecule has 0 spiro atoms. The van der Waals surface area contributed by atoms with Crippen molar-refractivity contribution in [2.75, 3.05) is 43.0 Å². The smallest absolute Gasteiger partial charge is 0.257 e. The number of piperazine rings is 1. The zero-order valence-electron chi connectivity index (χ0n) is 19.9. The molecule has 4 rings (SSSR count). The van der Waals surface area contributed by atoms with Crippen molar-refractivity contribution < 1.29 is 14.3 Å². The van der Waals surface area contributed by atoms with Crippen LogP contribution in [0.1, 0.15) is 27.6 Å². The summed E-state index contributed by atoms with van der Waals surface area (Å²) in [7, 11) is 0. The molecule has 1 aliphatic heterocycles. The van der Waals surface area contributed by atoms with Crippen LogP contribution in [0.4, 0.5) is 11.4 Å². The van der Waals surface area contributed by atoms with Crippen LogP contribution in [-0.2, 0) is 0 Å². The Labute approximate surface area is 221 Å². The van der Waals surface area contributed by atoms with Crippen molar-refractivity contribution in [3.63, 3.8) is 0 Å². The molecule has 1 aliphatic rings. The summed E-state index contributed by atoms with van der Waals surface area (Å²) in [6.45, 7) is 5.17. The molecule has 0 saturated carbocycles. The van der Waals surface area contributed by atoms with Crippen LogP contribution in [0.2, 0.25) is 5.02 Å². The molecular weight excluding hydrogens is 496 g/mol. The summed E-state index contributed by atoms with van der Waals surface area (Å²) in [5.74, 6) is 0.345. The molecule has 0 atom stereocenters. The van der Waals surface area contributed by atoms with E-state index in [-0.39, 0.29) is 16.9 Å². The molecule has 3 aromatic carbocycles. The van der Waals surface area contributed by atoms with Gasteiger partial charge in [-0.15, -0.1) is 0 Å². The molecule has 0 aromatic heterocycles. The van der Waals surface area contributed by atoms with Crippen LogP contribution in [-0.4, -0.2) is 54.6 Å². The van der Waals surface area contributed by atoms with E-state index in [2.05, 4.69) is 15.5 Å². The fraction of sp³-hybridized carbons (Fsp3) is 0.222. The highest BCUT2D eigenvalue weighted by atomic mass is 35.5. The SMILES string of the molecule is CCOc1cccc(C(=O)NC(=S)Nc2ccc(N3CCN(C(=O)c4ccc(Cl)cc4)CC3)cc2)c1. The number of carbonyl (C=O) groups excluding carboxylic acids is 2. The molecule has 3 aromatic rings. The van der Waals surface area contributed by atoms with Crippen LogP contribution in [0.5, 0.6) is 5.75 Å². The zero-order chi connectivity index (χ0) is 25.5. The first-order valence-corrected chi connectivity index (χ1v) is 12.5. The number of nitrogens with one attached hydrogen (secondary N) is 2. The van der Waals surface area contributed by atoms with Gasteiger partial charge in [0.15, 0.2) is 5.11 Å². The summed E-state index contributed by atoms with van der Waals surface area (Å²) in [6.07, 6.45) is 0. The van der Waals surface area contributed by atoms with Crippen molar-refractivity contribution in [2.24, 2.45) is 0 Å². The predicted molar refractivity (Wildman–Crippen MR) is 147 cm³/mol. The highest BCUT2D eigenvalue weighted by molar-refractivity contribution is 7.80. The van der Waals surface area contributed by atoms with Crippen LogP contribution in [0.3, 0.4) is 0 Å². The van der Waals surface area contributed by atoms with Gasteiger partial charge in [-0.2, -0.15) is 0 Å². The maximum absolute atomic E-state index is 12.7. The molecule has 2 N–H and O–H groups in total. The number of halogens is 1. The predicted octanol–water partition coefficient (Wildman–Crippen LogP) is 4.83. The minimum Gasteiger partial charge on any atom is -0.494 e. The average Bonchev–Trinajstić information content (AvgIpc) is 2.89. The van der Waals surface area contributed by atoms with Gasteiger partial charge in [-0.05, 0) is 85.9 Å². The number of nitrogens with zero attached hydrogens (tertiary/aromatic N) is 2. The maximum Gasteiger partial charge on any atom is 0.257 e.